The van der Waals surface area contributed by atoms with E-state index in [9.17, 15) is 15.3 Å². The highest BCUT2D eigenvalue weighted by molar-refractivity contribution is 5.85. The average molecular weight is 558 g/mol. The first-order valence-corrected chi connectivity index (χ1v) is 13.7. The lowest BCUT2D eigenvalue weighted by molar-refractivity contribution is 0.475. The highest BCUT2D eigenvalue weighted by Crippen LogP contribution is 2.32. The van der Waals surface area contributed by atoms with Gasteiger partial charge in [0.05, 0.1) is 22.3 Å². The molecule has 0 unspecified atom stereocenters. The maximum Gasteiger partial charge on any atom is 0.143 e. The second kappa shape index (κ2) is 11.2. The maximum atomic E-state index is 10.8. The standard InChI is InChI=1S/C34H31N5O3/c1-36-39-31(26(27-20-24(40)12-16-32(27)39)17-22-9-13-28(35)33(41)19-22)15-11-21-10-14-30(34(42)18-21)38-37-29-8-4-6-23-5-2-3-7-25(23)29/h2-3,5,7-10,12-20,36,40-42H,4,6,11,35H2,1H3/b26-17-,31-15-,38-37?. The number of allylic oxidation sites excluding steroid dienone is 1. The van der Waals surface area contributed by atoms with Crippen molar-refractivity contribution in [1.29, 1.82) is 0 Å². The largest absolute Gasteiger partial charge is 0.508 e. The van der Waals surface area contributed by atoms with E-state index in [0.717, 1.165) is 56.7 Å². The van der Waals surface area contributed by atoms with Crippen molar-refractivity contribution in [2.45, 2.75) is 19.3 Å². The van der Waals surface area contributed by atoms with E-state index < -0.39 is 0 Å². The van der Waals surface area contributed by atoms with Crippen molar-refractivity contribution in [2.24, 2.45) is 10.2 Å². The molecule has 0 spiro atoms. The lowest BCUT2D eigenvalue weighted by Gasteiger charge is -2.13. The molecule has 0 fully saturated rings. The van der Waals surface area contributed by atoms with Gasteiger partial charge in [0.15, 0.2) is 0 Å². The van der Waals surface area contributed by atoms with Gasteiger partial charge in [-0.3, -0.25) is 4.68 Å². The number of anilines is 1. The number of azo groups is 1. The molecule has 8 nitrogen and oxygen atoms in total. The minimum absolute atomic E-state index is 0.00572. The molecule has 0 radical (unpaired) electrons. The van der Waals surface area contributed by atoms with Crippen LogP contribution in [0.5, 0.6) is 17.2 Å². The minimum atomic E-state index is 0.00572. The number of nitrogens with one attached hydrogen (secondary N) is 1. The third kappa shape index (κ3) is 5.17. The van der Waals surface area contributed by atoms with Gasteiger partial charge >= 0.3 is 0 Å². The summed E-state index contributed by atoms with van der Waals surface area (Å²) in [6.07, 6.45) is 8.49. The molecule has 8 heteroatoms. The molecule has 4 aromatic carbocycles. The quantitative estimate of drug-likeness (QED) is 0.108. The maximum absolute atomic E-state index is 10.8. The summed E-state index contributed by atoms with van der Waals surface area (Å²) >= 11 is 0. The van der Waals surface area contributed by atoms with Crippen molar-refractivity contribution >= 4 is 40.1 Å². The molecule has 5 aromatic rings. The van der Waals surface area contributed by atoms with Crippen molar-refractivity contribution in [3.63, 3.8) is 0 Å². The average Bonchev–Trinajstić information content (AvgIpc) is 3.28. The van der Waals surface area contributed by atoms with Crippen LogP contribution in [0, 0.1) is 0 Å². The van der Waals surface area contributed by atoms with Crippen LogP contribution in [0.4, 0.5) is 11.4 Å². The molecule has 0 saturated heterocycles. The Morgan fingerprint density at radius 1 is 0.929 bits per heavy atom. The highest BCUT2D eigenvalue weighted by atomic mass is 16.3. The molecule has 1 aliphatic rings. The highest BCUT2D eigenvalue weighted by Gasteiger charge is 2.12. The van der Waals surface area contributed by atoms with E-state index in [1.807, 2.05) is 54.2 Å². The van der Waals surface area contributed by atoms with Crippen LogP contribution in [0.25, 0.3) is 28.8 Å². The minimum Gasteiger partial charge on any atom is -0.508 e. The van der Waals surface area contributed by atoms with E-state index in [1.54, 1.807) is 36.4 Å². The number of rotatable bonds is 6. The van der Waals surface area contributed by atoms with Gasteiger partial charge in [0, 0.05) is 23.2 Å². The molecular formula is C34H31N5O3. The number of aromatic hydroxyl groups is 3. The number of nitrogen functional groups attached to an aromatic ring is 1. The summed E-state index contributed by atoms with van der Waals surface area (Å²) in [5.74, 6) is 0.211. The Morgan fingerprint density at radius 2 is 1.79 bits per heavy atom. The molecule has 6 N–H and O–H groups in total. The molecule has 0 bridgehead atoms. The van der Waals surface area contributed by atoms with Gasteiger partial charge < -0.3 is 26.5 Å². The van der Waals surface area contributed by atoms with E-state index in [4.69, 9.17) is 5.73 Å². The van der Waals surface area contributed by atoms with E-state index in [1.165, 1.54) is 5.56 Å². The van der Waals surface area contributed by atoms with Gasteiger partial charge in [-0.05, 0) is 84.5 Å². The number of nitrogens with zero attached hydrogens (tertiary/aromatic N) is 3. The molecule has 1 heterocycles. The van der Waals surface area contributed by atoms with Gasteiger partial charge in [-0.25, -0.2) is 0 Å². The number of phenolic OH excluding ortho intramolecular Hbond substituents is 3. The van der Waals surface area contributed by atoms with Crippen LogP contribution < -0.4 is 21.7 Å². The van der Waals surface area contributed by atoms with Crippen LogP contribution in [-0.4, -0.2) is 27.0 Å². The summed E-state index contributed by atoms with van der Waals surface area (Å²) in [4.78, 5) is 0. The Balaban J connectivity index is 1.36. The Kier molecular flexibility index (Phi) is 7.10. The van der Waals surface area contributed by atoms with Crippen LogP contribution in [0.3, 0.4) is 0 Å². The third-order valence-corrected chi connectivity index (χ3v) is 7.50. The number of phenols is 3. The van der Waals surface area contributed by atoms with Crippen LogP contribution in [0.15, 0.2) is 95.2 Å². The van der Waals surface area contributed by atoms with Crippen molar-refractivity contribution < 1.29 is 15.3 Å². The summed E-state index contributed by atoms with van der Waals surface area (Å²) in [5, 5.41) is 42.6. The summed E-state index contributed by atoms with van der Waals surface area (Å²) in [6, 6.07) is 23.9. The molecule has 42 heavy (non-hydrogen) atoms. The Labute approximate surface area is 242 Å². The van der Waals surface area contributed by atoms with Crippen LogP contribution >= 0.6 is 0 Å². The summed E-state index contributed by atoms with van der Waals surface area (Å²) < 4.78 is 1.94. The number of benzene rings is 4. The van der Waals surface area contributed by atoms with Crippen molar-refractivity contribution in [3.8, 4) is 17.2 Å². The molecule has 6 rings (SSSR count). The van der Waals surface area contributed by atoms with Crippen LogP contribution in [0.2, 0.25) is 0 Å². The first kappa shape index (κ1) is 26.7. The summed E-state index contributed by atoms with van der Waals surface area (Å²) in [7, 11) is 1.83. The predicted molar refractivity (Wildman–Crippen MR) is 168 cm³/mol. The number of aryl methyl sites for hydroxylation is 1. The van der Waals surface area contributed by atoms with Crippen molar-refractivity contribution in [3.05, 3.63) is 118 Å². The third-order valence-electron chi connectivity index (χ3n) is 7.50. The number of hydrogen-bond donors (Lipinski definition) is 5. The Bertz CT molecular complexity index is 2010. The number of hydrogen-bond acceptors (Lipinski definition) is 7. The number of nitrogens with two attached hydrogens (primary N) is 1. The second-order valence-corrected chi connectivity index (χ2v) is 10.2. The zero-order chi connectivity index (χ0) is 29.2. The van der Waals surface area contributed by atoms with Gasteiger partial charge in [-0.15, -0.1) is 5.11 Å². The Morgan fingerprint density at radius 3 is 2.60 bits per heavy atom. The molecular weight excluding hydrogens is 526 g/mol. The lowest BCUT2D eigenvalue weighted by Crippen LogP contribution is -2.33. The Hall–Kier alpha value is -5.50. The van der Waals surface area contributed by atoms with Gasteiger partial charge in [-0.2, -0.15) is 5.11 Å². The molecule has 0 saturated carbocycles. The van der Waals surface area contributed by atoms with E-state index in [2.05, 4.69) is 33.9 Å². The molecule has 0 aliphatic heterocycles. The molecule has 1 aromatic heterocycles. The van der Waals surface area contributed by atoms with Crippen molar-refractivity contribution in [1.82, 2.24) is 4.68 Å². The lowest BCUT2D eigenvalue weighted by atomic mass is 9.95. The fraction of sp³-hybridized carbons (Fsp3) is 0.118. The molecule has 0 amide bonds. The van der Waals surface area contributed by atoms with Gasteiger partial charge in [-0.1, -0.05) is 48.6 Å². The first-order chi connectivity index (χ1) is 20.4. The zero-order valence-corrected chi connectivity index (χ0v) is 23.1. The first-order valence-electron chi connectivity index (χ1n) is 13.7. The van der Waals surface area contributed by atoms with Crippen LogP contribution in [0.1, 0.15) is 28.7 Å². The summed E-state index contributed by atoms with van der Waals surface area (Å²) in [6.45, 7) is 0. The van der Waals surface area contributed by atoms with Gasteiger partial charge in [0.2, 0.25) is 0 Å². The van der Waals surface area contributed by atoms with E-state index >= 15 is 0 Å². The smallest absolute Gasteiger partial charge is 0.143 e. The number of fused-ring (bicyclic) bond motifs is 2. The fourth-order valence-electron chi connectivity index (χ4n) is 5.39. The monoisotopic (exact) mass is 557 g/mol. The SMILES string of the molecule is CNn1c(=C\Cc2ccc(N=NC3=CCCc4ccccc43)c(O)c2)/c(=C\c2ccc(N)c(O)c2)c2cc(O)ccc21. The molecule has 0 atom stereocenters. The van der Waals surface area contributed by atoms with Gasteiger partial charge in [0.1, 0.15) is 22.9 Å². The second-order valence-electron chi connectivity index (χ2n) is 10.2. The predicted octanol–water partition coefficient (Wildman–Crippen LogP) is 5.44. The van der Waals surface area contributed by atoms with Crippen molar-refractivity contribution in [2.75, 3.05) is 18.2 Å². The molecule has 210 valence electrons. The van der Waals surface area contributed by atoms with E-state index in [0.29, 0.717) is 17.8 Å². The normalized spacial score (nSPS) is 14.0. The van der Waals surface area contributed by atoms with Gasteiger partial charge in [0.25, 0.3) is 0 Å². The topological polar surface area (TPSA) is 128 Å². The van der Waals surface area contributed by atoms with E-state index in [-0.39, 0.29) is 17.2 Å². The molecule has 1 aliphatic carbocycles. The number of aromatic nitrogens is 1. The fourth-order valence-corrected chi connectivity index (χ4v) is 5.39. The zero-order valence-electron chi connectivity index (χ0n) is 23.1. The van der Waals surface area contributed by atoms with Crippen LogP contribution in [-0.2, 0) is 12.8 Å². The summed E-state index contributed by atoms with van der Waals surface area (Å²) in [5.41, 5.74) is 15.4.